The Labute approximate surface area is 552 Å². The molecule has 2 heteroatoms. The zero-order chi connectivity index (χ0) is 64.3. The second-order valence-corrected chi connectivity index (χ2v) is 30.6. The predicted molar refractivity (Wildman–Crippen MR) is 401 cm³/mol. The standard InChI is InChI=1S/C91H82BN/c1-87(2,3)73-49-68(50-74(57-73)88(4,5)6)64-43-45-79-81(54-64)92-82-55-65(69-51-75(89(7,8)9)58-76(52-69)90(10,11)12)44-46-83(82)93(84-56-70(59-27-16-13-17-28-59)53-80(85(84)92)91(79,71-33-18-14-19-34-71)72-35-20-15-21-36-72)86-77(66-41-39-60-29-22-24-31-62(60)47-66)37-26-38-78(86)67-42-40-61-30-23-25-32-63(61)48-67/h13-58H,1-12H3. The third-order valence-electron chi connectivity index (χ3n) is 20.3. The maximum atomic E-state index is 2.72. The van der Waals surface area contributed by atoms with Crippen molar-refractivity contribution in [3.63, 3.8) is 0 Å². The molecule has 13 aromatic rings. The Hall–Kier alpha value is -9.76. The smallest absolute Gasteiger partial charge is 0.247 e. The number of nitrogens with zero attached hydrogens (tertiary/aromatic N) is 1. The summed E-state index contributed by atoms with van der Waals surface area (Å²) >= 11 is 0. The van der Waals surface area contributed by atoms with Crippen LogP contribution in [0.5, 0.6) is 0 Å². The van der Waals surface area contributed by atoms with Crippen LogP contribution in [-0.4, -0.2) is 6.71 Å². The first-order valence-corrected chi connectivity index (χ1v) is 33.5. The van der Waals surface area contributed by atoms with Crippen LogP contribution in [0.15, 0.2) is 279 Å². The Morgan fingerprint density at radius 1 is 0.269 bits per heavy atom. The van der Waals surface area contributed by atoms with Crippen molar-refractivity contribution in [2.24, 2.45) is 0 Å². The Kier molecular flexibility index (Phi) is 14.2. The second kappa shape index (κ2) is 22.2. The van der Waals surface area contributed by atoms with E-state index in [0.717, 1.165) is 16.8 Å². The summed E-state index contributed by atoms with van der Waals surface area (Å²) < 4.78 is 0. The summed E-state index contributed by atoms with van der Waals surface area (Å²) in [5.41, 5.74) is 28.6. The van der Waals surface area contributed by atoms with Crippen LogP contribution in [-0.2, 0) is 27.1 Å². The van der Waals surface area contributed by atoms with Gasteiger partial charge in [0.15, 0.2) is 0 Å². The van der Waals surface area contributed by atoms with Gasteiger partial charge in [0.25, 0.3) is 0 Å². The Morgan fingerprint density at radius 3 is 1.15 bits per heavy atom. The third kappa shape index (κ3) is 10.3. The van der Waals surface area contributed by atoms with Gasteiger partial charge in [0.2, 0.25) is 6.71 Å². The van der Waals surface area contributed by atoms with Gasteiger partial charge in [-0.15, -0.1) is 0 Å². The molecule has 0 radical (unpaired) electrons. The monoisotopic (exact) mass is 1200 g/mol. The summed E-state index contributed by atoms with van der Waals surface area (Å²) in [5, 5.41) is 4.86. The Morgan fingerprint density at radius 2 is 0.677 bits per heavy atom. The van der Waals surface area contributed by atoms with Crippen molar-refractivity contribution in [1.82, 2.24) is 0 Å². The summed E-state index contributed by atoms with van der Waals surface area (Å²) in [7, 11) is 0. The SMILES string of the molecule is CC(C)(C)c1cc(-c2ccc3c(c2)B2c4cc(-c5cc(C(C)(C)C)cc(C(C)(C)C)c5)ccc4C(c4ccccc4)(c4ccccc4)c4cc(-c5ccccc5)cc(c42)N3c2c(-c3ccc4ccccc4c3)cccc2-c2ccc3ccccc3c2)cc(C(C)(C)C)c1. The number of benzene rings is 13. The average molecular weight is 1200 g/mol. The van der Waals surface area contributed by atoms with Gasteiger partial charge in [-0.25, -0.2) is 0 Å². The number of para-hydroxylation sites is 1. The lowest BCUT2D eigenvalue weighted by Crippen LogP contribution is -2.65. The zero-order valence-electron chi connectivity index (χ0n) is 56.1. The van der Waals surface area contributed by atoms with Crippen LogP contribution >= 0.6 is 0 Å². The molecule has 0 bridgehead atoms. The molecular weight excluding hydrogens is 1120 g/mol. The molecule has 0 atom stereocenters. The first-order valence-electron chi connectivity index (χ1n) is 33.5. The summed E-state index contributed by atoms with van der Waals surface area (Å²) in [6.45, 7) is 28.1. The van der Waals surface area contributed by atoms with Gasteiger partial charge in [-0.05, 0) is 173 Å². The van der Waals surface area contributed by atoms with E-state index in [4.69, 9.17) is 0 Å². The van der Waals surface area contributed by atoms with Crippen LogP contribution in [0, 0.1) is 0 Å². The van der Waals surface area contributed by atoms with Crippen molar-refractivity contribution in [2.45, 2.75) is 110 Å². The fourth-order valence-corrected chi connectivity index (χ4v) is 15.2. The predicted octanol–water partition coefficient (Wildman–Crippen LogP) is 22.5. The molecule has 93 heavy (non-hydrogen) atoms. The molecule has 0 aliphatic carbocycles. The number of fused-ring (bicyclic) bond motifs is 6. The van der Waals surface area contributed by atoms with E-state index in [1.54, 1.807) is 0 Å². The highest BCUT2D eigenvalue weighted by atomic mass is 15.2. The van der Waals surface area contributed by atoms with E-state index in [9.17, 15) is 0 Å². The molecule has 0 spiro atoms. The van der Waals surface area contributed by atoms with E-state index in [1.165, 1.54) is 138 Å². The third-order valence-corrected chi connectivity index (χ3v) is 20.3. The normalized spacial score (nSPS) is 13.6. The zero-order valence-corrected chi connectivity index (χ0v) is 56.1. The maximum Gasteiger partial charge on any atom is 0.247 e. The number of anilines is 3. The van der Waals surface area contributed by atoms with Gasteiger partial charge in [0.05, 0.1) is 11.1 Å². The van der Waals surface area contributed by atoms with Crippen LogP contribution in [0.25, 0.3) is 77.2 Å². The van der Waals surface area contributed by atoms with Gasteiger partial charge in [0, 0.05) is 22.5 Å². The van der Waals surface area contributed by atoms with Crippen LogP contribution < -0.4 is 21.3 Å². The maximum absolute atomic E-state index is 2.72. The molecule has 0 saturated carbocycles. The largest absolute Gasteiger partial charge is 0.310 e. The molecule has 0 fully saturated rings. The molecule has 0 aromatic heterocycles. The molecule has 1 nitrogen and oxygen atoms in total. The van der Waals surface area contributed by atoms with Crippen molar-refractivity contribution in [2.75, 3.05) is 4.90 Å². The fourth-order valence-electron chi connectivity index (χ4n) is 15.2. The molecule has 0 saturated heterocycles. The molecule has 0 unspecified atom stereocenters. The molecule has 13 aromatic carbocycles. The lowest BCUT2D eigenvalue weighted by Gasteiger charge is -2.49. The van der Waals surface area contributed by atoms with Gasteiger partial charge in [-0.2, -0.15) is 0 Å². The lowest BCUT2D eigenvalue weighted by atomic mass is 9.29. The molecular formula is C91H82BN. The fraction of sp³-hybridized carbons (Fsp3) is 0.187. The van der Waals surface area contributed by atoms with E-state index >= 15 is 0 Å². The summed E-state index contributed by atoms with van der Waals surface area (Å²) in [4.78, 5) is 2.72. The van der Waals surface area contributed by atoms with Gasteiger partial charge >= 0.3 is 0 Å². The first-order chi connectivity index (χ1) is 44.6. The lowest BCUT2D eigenvalue weighted by molar-refractivity contribution is 0.568. The molecule has 15 rings (SSSR count). The molecule has 0 amide bonds. The van der Waals surface area contributed by atoms with Gasteiger partial charge in [0.1, 0.15) is 0 Å². The molecule has 2 aliphatic rings. The molecule has 0 N–H and O–H groups in total. The van der Waals surface area contributed by atoms with Crippen molar-refractivity contribution in [3.05, 3.63) is 324 Å². The molecule has 2 aliphatic heterocycles. The van der Waals surface area contributed by atoms with Gasteiger partial charge in [-0.1, -0.05) is 337 Å². The summed E-state index contributed by atoms with van der Waals surface area (Å²) in [6, 6.07) is 108. The first kappa shape index (κ1) is 59.5. The van der Waals surface area contributed by atoms with Crippen molar-refractivity contribution in [1.29, 1.82) is 0 Å². The van der Waals surface area contributed by atoms with Crippen LogP contribution in [0.3, 0.4) is 0 Å². The van der Waals surface area contributed by atoms with Crippen LogP contribution in [0.2, 0.25) is 0 Å². The summed E-state index contributed by atoms with van der Waals surface area (Å²) in [5.74, 6) is 0. The minimum absolute atomic E-state index is 0.0710. The number of rotatable bonds is 8. The Bertz CT molecular complexity index is 4860. The quantitative estimate of drug-likeness (QED) is 0.137. The minimum atomic E-state index is -0.784. The van der Waals surface area contributed by atoms with Gasteiger partial charge in [-0.3, -0.25) is 0 Å². The van der Waals surface area contributed by atoms with E-state index in [0.29, 0.717) is 0 Å². The highest BCUT2D eigenvalue weighted by molar-refractivity contribution is 6.99. The average Bonchev–Trinajstić information content (AvgIpc) is 0.674. The van der Waals surface area contributed by atoms with E-state index in [2.05, 4.69) is 367 Å². The number of hydrogen-bond donors (Lipinski definition) is 0. The van der Waals surface area contributed by atoms with E-state index in [-0.39, 0.29) is 28.4 Å². The van der Waals surface area contributed by atoms with Gasteiger partial charge < -0.3 is 4.90 Å². The van der Waals surface area contributed by atoms with Crippen molar-refractivity contribution < 1.29 is 0 Å². The molecule has 2 heterocycles. The van der Waals surface area contributed by atoms with E-state index in [1.807, 2.05) is 0 Å². The van der Waals surface area contributed by atoms with Crippen LogP contribution in [0.1, 0.15) is 128 Å². The Balaban J connectivity index is 1.14. The van der Waals surface area contributed by atoms with Crippen molar-refractivity contribution >= 4 is 61.7 Å². The molecule has 454 valence electrons. The van der Waals surface area contributed by atoms with E-state index < -0.39 is 5.41 Å². The second-order valence-electron chi connectivity index (χ2n) is 30.6. The highest BCUT2D eigenvalue weighted by Gasteiger charge is 2.52. The van der Waals surface area contributed by atoms with Crippen molar-refractivity contribution in [3.8, 4) is 55.6 Å². The minimum Gasteiger partial charge on any atom is -0.310 e. The highest BCUT2D eigenvalue weighted by Crippen LogP contribution is 2.54. The topological polar surface area (TPSA) is 3.24 Å². The number of hydrogen-bond acceptors (Lipinski definition) is 1. The van der Waals surface area contributed by atoms with Crippen LogP contribution in [0.4, 0.5) is 17.1 Å². The summed E-state index contributed by atoms with van der Waals surface area (Å²) in [6.07, 6.45) is 0.